The van der Waals surface area contributed by atoms with E-state index in [0.717, 1.165) is 13.0 Å². The van der Waals surface area contributed by atoms with Gasteiger partial charge in [-0.05, 0) is 26.8 Å². The van der Waals surface area contributed by atoms with Crippen molar-refractivity contribution < 1.29 is 14.3 Å². The van der Waals surface area contributed by atoms with Gasteiger partial charge in [-0.15, -0.1) is 0 Å². The number of ether oxygens (including phenoxy) is 1. The molecule has 0 aromatic carbocycles. The molecule has 1 fully saturated rings. The van der Waals surface area contributed by atoms with Crippen LogP contribution in [-0.2, 0) is 14.3 Å². The molecule has 3 N–H and O–H groups in total. The molecule has 1 heterocycles. The summed E-state index contributed by atoms with van der Waals surface area (Å²) in [6, 6.07) is 0.0677. The van der Waals surface area contributed by atoms with Crippen molar-refractivity contribution in [3.05, 3.63) is 0 Å². The molecule has 1 aliphatic heterocycles. The molecule has 1 saturated heterocycles. The minimum absolute atomic E-state index is 0.0481. The van der Waals surface area contributed by atoms with E-state index in [4.69, 9.17) is 4.74 Å². The van der Waals surface area contributed by atoms with Crippen molar-refractivity contribution in [3.8, 4) is 0 Å². The molecule has 2 amide bonds. The van der Waals surface area contributed by atoms with E-state index in [1.807, 2.05) is 13.8 Å². The summed E-state index contributed by atoms with van der Waals surface area (Å²) < 4.78 is 5.39. The third-order valence-corrected chi connectivity index (χ3v) is 3.62. The smallest absolute Gasteiger partial charge is 0.227 e. The zero-order chi connectivity index (χ0) is 15.2. The molecule has 1 rings (SSSR count). The number of hydrogen-bond acceptors (Lipinski definition) is 4. The number of nitrogens with one attached hydrogen (secondary N) is 3. The largest absolute Gasteiger partial charge is 0.379 e. The SMILES string of the molecule is CCCNC1COCC1C(=O)NCC(C)(C)C(=O)NC. The van der Waals surface area contributed by atoms with Crippen LogP contribution in [-0.4, -0.2) is 51.2 Å². The number of carbonyl (C=O) groups excluding carboxylic acids is 2. The molecule has 0 spiro atoms. The molecular weight excluding hydrogens is 258 g/mol. The minimum Gasteiger partial charge on any atom is -0.379 e. The highest BCUT2D eigenvalue weighted by Crippen LogP contribution is 2.16. The second-order valence-electron chi connectivity index (χ2n) is 5.89. The van der Waals surface area contributed by atoms with Crippen molar-refractivity contribution in [2.45, 2.75) is 33.2 Å². The summed E-state index contributed by atoms with van der Waals surface area (Å²) in [5.74, 6) is -0.309. The quantitative estimate of drug-likeness (QED) is 0.610. The molecule has 0 radical (unpaired) electrons. The van der Waals surface area contributed by atoms with Crippen LogP contribution in [0.15, 0.2) is 0 Å². The van der Waals surface area contributed by atoms with Crippen LogP contribution in [0, 0.1) is 11.3 Å². The molecular formula is C14H27N3O3. The van der Waals surface area contributed by atoms with Crippen LogP contribution in [0.5, 0.6) is 0 Å². The van der Waals surface area contributed by atoms with Crippen molar-refractivity contribution in [2.24, 2.45) is 11.3 Å². The van der Waals surface area contributed by atoms with Crippen LogP contribution in [0.2, 0.25) is 0 Å². The fraction of sp³-hybridized carbons (Fsp3) is 0.857. The Morgan fingerprint density at radius 1 is 1.30 bits per heavy atom. The lowest BCUT2D eigenvalue weighted by molar-refractivity contribution is -0.130. The normalized spacial score (nSPS) is 22.6. The standard InChI is InChI=1S/C14H27N3O3/c1-5-6-16-11-8-20-7-10(11)12(18)17-9-14(2,3)13(19)15-4/h10-11,16H,5-9H2,1-4H3,(H,15,19)(H,17,18). The van der Waals surface area contributed by atoms with Crippen LogP contribution in [0.3, 0.4) is 0 Å². The van der Waals surface area contributed by atoms with Crippen molar-refractivity contribution in [3.63, 3.8) is 0 Å². The molecule has 2 atom stereocenters. The molecule has 0 aliphatic carbocycles. The predicted molar refractivity (Wildman–Crippen MR) is 77.2 cm³/mol. The first-order chi connectivity index (χ1) is 9.42. The van der Waals surface area contributed by atoms with Gasteiger partial charge in [0.2, 0.25) is 11.8 Å². The predicted octanol–water partition coefficient (Wildman–Crippen LogP) is -0.111. The van der Waals surface area contributed by atoms with Crippen molar-refractivity contribution in [1.29, 1.82) is 0 Å². The first-order valence-electron chi connectivity index (χ1n) is 7.23. The van der Waals surface area contributed by atoms with Crippen LogP contribution < -0.4 is 16.0 Å². The summed E-state index contributed by atoms with van der Waals surface area (Å²) in [7, 11) is 1.60. The summed E-state index contributed by atoms with van der Waals surface area (Å²) in [6.07, 6.45) is 1.02. The lowest BCUT2D eigenvalue weighted by Crippen LogP contribution is -2.48. The van der Waals surface area contributed by atoms with Crippen LogP contribution in [0.4, 0.5) is 0 Å². The zero-order valence-corrected chi connectivity index (χ0v) is 12.9. The number of rotatable bonds is 7. The maximum Gasteiger partial charge on any atom is 0.227 e. The first kappa shape index (κ1) is 16.9. The van der Waals surface area contributed by atoms with E-state index in [0.29, 0.717) is 19.8 Å². The van der Waals surface area contributed by atoms with Crippen molar-refractivity contribution >= 4 is 11.8 Å². The van der Waals surface area contributed by atoms with Gasteiger partial charge in [0.05, 0.1) is 24.5 Å². The summed E-state index contributed by atoms with van der Waals surface area (Å²) in [5, 5.41) is 8.80. The molecule has 6 nitrogen and oxygen atoms in total. The van der Waals surface area contributed by atoms with Gasteiger partial charge in [0.15, 0.2) is 0 Å². The summed E-state index contributed by atoms with van der Waals surface area (Å²) in [6.45, 7) is 7.91. The van der Waals surface area contributed by atoms with Gasteiger partial charge in [0, 0.05) is 19.6 Å². The average molecular weight is 285 g/mol. The van der Waals surface area contributed by atoms with Crippen LogP contribution in [0.25, 0.3) is 0 Å². The van der Waals surface area contributed by atoms with Crippen LogP contribution in [0.1, 0.15) is 27.2 Å². The molecule has 20 heavy (non-hydrogen) atoms. The molecule has 0 saturated carbocycles. The van der Waals surface area contributed by atoms with Crippen molar-refractivity contribution in [2.75, 3.05) is 33.4 Å². The van der Waals surface area contributed by atoms with Gasteiger partial charge in [0.1, 0.15) is 0 Å². The van der Waals surface area contributed by atoms with E-state index in [-0.39, 0.29) is 23.8 Å². The second kappa shape index (κ2) is 7.59. The van der Waals surface area contributed by atoms with Gasteiger partial charge in [-0.1, -0.05) is 6.92 Å². The van der Waals surface area contributed by atoms with E-state index in [1.54, 1.807) is 7.05 Å². The molecule has 0 bridgehead atoms. The Hall–Kier alpha value is -1.14. The third-order valence-electron chi connectivity index (χ3n) is 3.62. The highest BCUT2D eigenvalue weighted by Gasteiger charge is 2.35. The van der Waals surface area contributed by atoms with E-state index in [2.05, 4.69) is 22.9 Å². The third kappa shape index (κ3) is 4.45. The topological polar surface area (TPSA) is 79.5 Å². The Morgan fingerprint density at radius 3 is 2.60 bits per heavy atom. The van der Waals surface area contributed by atoms with E-state index < -0.39 is 5.41 Å². The number of amides is 2. The van der Waals surface area contributed by atoms with Gasteiger partial charge >= 0.3 is 0 Å². The lowest BCUT2D eigenvalue weighted by atomic mass is 9.91. The van der Waals surface area contributed by atoms with E-state index in [1.165, 1.54) is 0 Å². The Labute approximate surface area is 121 Å². The van der Waals surface area contributed by atoms with Gasteiger partial charge in [-0.3, -0.25) is 9.59 Å². The first-order valence-corrected chi connectivity index (χ1v) is 7.23. The van der Waals surface area contributed by atoms with E-state index >= 15 is 0 Å². The maximum atomic E-state index is 12.2. The monoisotopic (exact) mass is 285 g/mol. The second-order valence-corrected chi connectivity index (χ2v) is 5.89. The minimum atomic E-state index is -0.615. The molecule has 6 heteroatoms. The number of carbonyl (C=O) groups is 2. The Bertz CT molecular complexity index is 345. The highest BCUT2D eigenvalue weighted by molar-refractivity contribution is 5.84. The number of hydrogen-bond donors (Lipinski definition) is 3. The Balaban J connectivity index is 2.47. The Kier molecular flexibility index (Phi) is 6.42. The van der Waals surface area contributed by atoms with E-state index in [9.17, 15) is 9.59 Å². The van der Waals surface area contributed by atoms with Crippen LogP contribution >= 0.6 is 0 Å². The molecule has 116 valence electrons. The summed E-state index contributed by atoms with van der Waals surface area (Å²) in [4.78, 5) is 23.9. The van der Waals surface area contributed by atoms with Gasteiger partial charge in [-0.2, -0.15) is 0 Å². The lowest BCUT2D eigenvalue weighted by Gasteiger charge is -2.25. The van der Waals surface area contributed by atoms with Crippen molar-refractivity contribution in [1.82, 2.24) is 16.0 Å². The van der Waals surface area contributed by atoms with Gasteiger partial charge in [0.25, 0.3) is 0 Å². The zero-order valence-electron chi connectivity index (χ0n) is 12.9. The molecule has 2 unspecified atom stereocenters. The summed E-state index contributed by atoms with van der Waals surface area (Å²) >= 11 is 0. The molecule has 0 aromatic rings. The summed E-state index contributed by atoms with van der Waals surface area (Å²) in [5.41, 5.74) is -0.615. The molecule has 1 aliphatic rings. The van der Waals surface area contributed by atoms with Gasteiger partial charge < -0.3 is 20.7 Å². The fourth-order valence-corrected chi connectivity index (χ4v) is 2.20. The Morgan fingerprint density at radius 2 is 2.00 bits per heavy atom. The fourth-order valence-electron chi connectivity index (χ4n) is 2.20. The molecule has 0 aromatic heterocycles. The van der Waals surface area contributed by atoms with Gasteiger partial charge in [-0.25, -0.2) is 0 Å². The maximum absolute atomic E-state index is 12.2. The highest BCUT2D eigenvalue weighted by atomic mass is 16.5. The average Bonchev–Trinajstić information content (AvgIpc) is 2.89.